The Morgan fingerprint density at radius 1 is 1.62 bits per heavy atom. The van der Waals surface area contributed by atoms with Gasteiger partial charge in [0.25, 0.3) is 0 Å². The fraction of sp³-hybridized carbons (Fsp3) is 0.857. The zero-order valence-corrected chi connectivity index (χ0v) is 7.26. The number of nitrogens with one attached hydrogen (secondary N) is 1. The van der Waals surface area contributed by atoms with E-state index >= 15 is 0 Å². The number of hydrogen-bond acceptors (Lipinski definition) is 3. The summed E-state index contributed by atoms with van der Waals surface area (Å²) in [5.74, 6) is -5.88. The fourth-order valence-corrected chi connectivity index (χ4v) is 0.632. The monoisotopic (exact) mass is 197 g/mol. The molecule has 0 spiro atoms. The molecule has 0 heterocycles. The first-order valence-electron chi connectivity index (χ1n) is 3.86. The molecule has 1 unspecified atom stereocenters. The zero-order chi connectivity index (χ0) is 10.5. The molecule has 0 saturated carbocycles. The summed E-state index contributed by atoms with van der Waals surface area (Å²) in [7, 11) is 0. The number of carbonyl (C=O) groups is 1. The van der Waals surface area contributed by atoms with Crippen LogP contribution in [0.2, 0.25) is 0 Å². The topological polar surface area (TPSA) is 69.6 Å². The largest absolute Gasteiger partial charge is 0.477 e. The van der Waals surface area contributed by atoms with Crippen molar-refractivity contribution in [2.75, 3.05) is 13.1 Å². The van der Waals surface area contributed by atoms with Gasteiger partial charge in [0.15, 0.2) is 0 Å². The Bertz CT molecular complexity index is 173. The molecule has 13 heavy (non-hydrogen) atoms. The van der Waals surface area contributed by atoms with Crippen molar-refractivity contribution >= 4 is 5.97 Å². The summed E-state index contributed by atoms with van der Waals surface area (Å²) < 4.78 is 24.7. The quantitative estimate of drug-likeness (QED) is 0.527. The Hall–Kier alpha value is -0.750. The third-order valence-corrected chi connectivity index (χ3v) is 1.40. The number of alkyl halides is 2. The van der Waals surface area contributed by atoms with Gasteiger partial charge in [-0.05, 0) is 19.9 Å². The Kier molecular flexibility index (Phi) is 4.79. The van der Waals surface area contributed by atoms with Crippen molar-refractivity contribution in [3.05, 3.63) is 0 Å². The van der Waals surface area contributed by atoms with Crippen LogP contribution in [0.3, 0.4) is 0 Å². The molecule has 1 atom stereocenters. The van der Waals surface area contributed by atoms with E-state index in [1.807, 2.05) is 0 Å². The smallest absolute Gasteiger partial charge is 0.375 e. The number of carboxylic acids is 1. The van der Waals surface area contributed by atoms with Crippen LogP contribution in [0.1, 0.15) is 13.3 Å². The third-order valence-electron chi connectivity index (χ3n) is 1.40. The molecule has 0 amide bonds. The van der Waals surface area contributed by atoms with Crippen LogP contribution in [0.5, 0.6) is 0 Å². The van der Waals surface area contributed by atoms with E-state index in [1.165, 1.54) is 6.92 Å². The van der Waals surface area contributed by atoms with Gasteiger partial charge >= 0.3 is 11.9 Å². The van der Waals surface area contributed by atoms with Crippen molar-refractivity contribution in [2.24, 2.45) is 0 Å². The number of hydrogen-bond donors (Lipinski definition) is 3. The molecule has 0 radical (unpaired) electrons. The first-order chi connectivity index (χ1) is 5.86. The van der Waals surface area contributed by atoms with E-state index in [2.05, 4.69) is 5.32 Å². The molecular formula is C7H13F2NO3. The predicted molar refractivity (Wildman–Crippen MR) is 41.8 cm³/mol. The van der Waals surface area contributed by atoms with Gasteiger partial charge in [0.05, 0.1) is 12.6 Å². The number of halogens is 2. The second-order valence-corrected chi connectivity index (χ2v) is 2.82. The maximum atomic E-state index is 12.3. The van der Waals surface area contributed by atoms with Crippen LogP contribution in [-0.4, -0.2) is 41.3 Å². The summed E-state index contributed by atoms with van der Waals surface area (Å²) in [5, 5.41) is 19.0. The highest BCUT2D eigenvalue weighted by Crippen LogP contribution is 2.11. The van der Waals surface area contributed by atoms with Crippen molar-refractivity contribution in [3.8, 4) is 0 Å². The number of carboxylic acid groups (broad SMARTS) is 1. The molecular weight excluding hydrogens is 184 g/mol. The molecule has 0 aliphatic carbocycles. The molecule has 78 valence electrons. The Morgan fingerprint density at radius 2 is 2.15 bits per heavy atom. The zero-order valence-electron chi connectivity index (χ0n) is 7.26. The molecule has 0 aliphatic heterocycles. The lowest BCUT2D eigenvalue weighted by Gasteiger charge is -2.12. The number of aliphatic hydroxyl groups excluding tert-OH is 1. The summed E-state index contributed by atoms with van der Waals surface area (Å²) in [5.41, 5.74) is 0. The summed E-state index contributed by atoms with van der Waals surface area (Å²) in [4.78, 5) is 9.91. The molecule has 3 N–H and O–H groups in total. The van der Waals surface area contributed by atoms with E-state index in [9.17, 15) is 13.6 Å². The molecule has 0 aliphatic rings. The molecule has 0 aromatic rings. The van der Waals surface area contributed by atoms with Gasteiger partial charge in [-0.15, -0.1) is 0 Å². The average molecular weight is 197 g/mol. The maximum absolute atomic E-state index is 12.3. The summed E-state index contributed by atoms with van der Waals surface area (Å²) in [6, 6.07) is 0. The maximum Gasteiger partial charge on any atom is 0.375 e. The van der Waals surface area contributed by atoms with E-state index < -0.39 is 24.5 Å². The average Bonchev–Trinajstić information content (AvgIpc) is 1.97. The molecule has 0 fully saturated rings. The van der Waals surface area contributed by atoms with Crippen LogP contribution in [0.25, 0.3) is 0 Å². The lowest BCUT2D eigenvalue weighted by atomic mass is 10.3. The van der Waals surface area contributed by atoms with Crippen molar-refractivity contribution < 1.29 is 23.8 Å². The van der Waals surface area contributed by atoms with Gasteiger partial charge in [-0.1, -0.05) is 0 Å². The van der Waals surface area contributed by atoms with Crippen LogP contribution < -0.4 is 5.32 Å². The van der Waals surface area contributed by atoms with Crippen molar-refractivity contribution in [3.63, 3.8) is 0 Å². The van der Waals surface area contributed by atoms with Gasteiger partial charge < -0.3 is 15.5 Å². The predicted octanol–water partition coefficient (Wildman–Crippen LogP) is 0.0668. The number of aliphatic hydroxyl groups is 1. The van der Waals surface area contributed by atoms with Crippen molar-refractivity contribution in [2.45, 2.75) is 25.4 Å². The molecule has 0 rings (SSSR count). The van der Waals surface area contributed by atoms with Crippen molar-refractivity contribution in [1.82, 2.24) is 5.32 Å². The van der Waals surface area contributed by atoms with Gasteiger partial charge in [-0.25, -0.2) is 4.79 Å². The molecule has 0 aromatic carbocycles. The van der Waals surface area contributed by atoms with Gasteiger partial charge in [0, 0.05) is 0 Å². The highest BCUT2D eigenvalue weighted by Gasteiger charge is 2.37. The number of aliphatic carboxylic acids is 1. The minimum absolute atomic E-state index is 0.167. The Labute approximate surface area is 74.6 Å². The van der Waals surface area contributed by atoms with Gasteiger partial charge in [0.2, 0.25) is 0 Å². The molecule has 4 nitrogen and oxygen atoms in total. The summed E-state index contributed by atoms with van der Waals surface area (Å²) in [6.45, 7) is 0.784. The Morgan fingerprint density at radius 3 is 2.54 bits per heavy atom. The summed E-state index contributed by atoms with van der Waals surface area (Å²) in [6.07, 6.45) is -0.263. The highest BCUT2D eigenvalue weighted by molar-refractivity contribution is 5.75. The summed E-state index contributed by atoms with van der Waals surface area (Å²) >= 11 is 0. The molecule has 0 aromatic heterocycles. The number of rotatable bonds is 6. The standard InChI is InChI=1S/C7H13F2NO3/c1-5(11)2-3-10-4-7(8,9)6(12)13/h5,10-11H,2-4H2,1H3,(H,12,13). The van der Waals surface area contributed by atoms with Gasteiger partial charge in [0.1, 0.15) is 0 Å². The first kappa shape index (κ1) is 12.2. The van der Waals surface area contributed by atoms with E-state index in [0.717, 1.165) is 0 Å². The van der Waals surface area contributed by atoms with E-state index in [-0.39, 0.29) is 6.54 Å². The van der Waals surface area contributed by atoms with Crippen LogP contribution in [-0.2, 0) is 4.79 Å². The molecule has 0 saturated heterocycles. The Balaban J connectivity index is 3.58. The third kappa shape index (κ3) is 5.48. The lowest BCUT2D eigenvalue weighted by Crippen LogP contribution is -2.40. The van der Waals surface area contributed by atoms with Crippen LogP contribution in [0.15, 0.2) is 0 Å². The minimum atomic E-state index is -3.74. The normalized spacial score (nSPS) is 14.2. The van der Waals surface area contributed by atoms with E-state index in [4.69, 9.17) is 10.2 Å². The minimum Gasteiger partial charge on any atom is -0.477 e. The lowest BCUT2D eigenvalue weighted by molar-refractivity contribution is -0.164. The second-order valence-electron chi connectivity index (χ2n) is 2.82. The van der Waals surface area contributed by atoms with Crippen LogP contribution in [0, 0.1) is 0 Å². The molecule has 0 bridgehead atoms. The van der Waals surface area contributed by atoms with Crippen molar-refractivity contribution in [1.29, 1.82) is 0 Å². The molecule has 6 heteroatoms. The fourth-order valence-electron chi connectivity index (χ4n) is 0.632. The highest BCUT2D eigenvalue weighted by atomic mass is 19.3. The second kappa shape index (κ2) is 5.08. The van der Waals surface area contributed by atoms with Gasteiger partial charge in [-0.3, -0.25) is 0 Å². The van der Waals surface area contributed by atoms with E-state index in [0.29, 0.717) is 6.42 Å². The van der Waals surface area contributed by atoms with Gasteiger partial charge in [-0.2, -0.15) is 8.78 Å². The van der Waals surface area contributed by atoms with E-state index in [1.54, 1.807) is 0 Å². The SMILES string of the molecule is CC(O)CCNCC(F)(F)C(=O)O. The van der Waals surface area contributed by atoms with Crippen LogP contribution >= 0.6 is 0 Å². The van der Waals surface area contributed by atoms with Crippen LogP contribution in [0.4, 0.5) is 8.78 Å². The first-order valence-corrected chi connectivity index (χ1v) is 3.86.